The Labute approximate surface area is 185 Å². The molecule has 3 aromatic rings. The fraction of sp³-hybridized carbons (Fsp3) is 0.300. The highest BCUT2D eigenvalue weighted by atomic mass is 35.5. The number of hydrogen-bond donors (Lipinski definition) is 1. The van der Waals surface area contributed by atoms with Gasteiger partial charge in [-0.3, -0.25) is 9.48 Å². The lowest BCUT2D eigenvalue weighted by Crippen LogP contribution is -2.48. The Hall–Kier alpha value is -2.66. The van der Waals surface area contributed by atoms with Gasteiger partial charge in [-0.1, -0.05) is 11.6 Å². The lowest BCUT2D eigenvalue weighted by molar-refractivity contribution is -0.114. The average Bonchev–Trinajstić information content (AvgIpc) is 3.25. The molecule has 0 aliphatic carbocycles. The van der Waals surface area contributed by atoms with Crippen LogP contribution in [0.4, 0.5) is 0 Å². The number of aryl methyl sites for hydroxylation is 2. The molecule has 1 aliphatic rings. The number of ether oxygens (including phenoxy) is 1. The van der Waals surface area contributed by atoms with Gasteiger partial charge in [0, 0.05) is 48.4 Å². The smallest absolute Gasteiger partial charge is 0.304 e. The summed E-state index contributed by atoms with van der Waals surface area (Å²) in [6.07, 6.45) is 4.68. The minimum absolute atomic E-state index is 0.211. The molecule has 1 N–H and O–H groups in total. The van der Waals surface area contributed by atoms with E-state index in [4.69, 9.17) is 16.3 Å². The van der Waals surface area contributed by atoms with Crippen LogP contribution in [0.3, 0.4) is 0 Å². The van der Waals surface area contributed by atoms with E-state index >= 15 is 0 Å². The molecule has 1 aliphatic heterocycles. The number of benzene rings is 1. The SMILES string of the molecule is Cc1nn(C)c(-n2ccc3cc(Cl)ccc32)c1C=CC(=O)NS(=O)(=O)N1CCOCC1. The van der Waals surface area contributed by atoms with E-state index in [-0.39, 0.29) is 13.1 Å². The van der Waals surface area contributed by atoms with Crippen molar-refractivity contribution < 1.29 is 17.9 Å². The van der Waals surface area contributed by atoms with Crippen LogP contribution in [0.25, 0.3) is 22.8 Å². The molecule has 0 radical (unpaired) electrons. The first-order valence-corrected chi connectivity index (χ1v) is 11.5. The molecule has 1 saturated heterocycles. The molecule has 1 aromatic carbocycles. The Morgan fingerprint density at radius 3 is 2.74 bits per heavy atom. The van der Waals surface area contributed by atoms with Crippen LogP contribution in [0.2, 0.25) is 5.02 Å². The van der Waals surface area contributed by atoms with Gasteiger partial charge in [-0.15, -0.1) is 0 Å². The second-order valence-electron chi connectivity index (χ2n) is 7.15. The van der Waals surface area contributed by atoms with Gasteiger partial charge in [-0.2, -0.15) is 17.8 Å². The van der Waals surface area contributed by atoms with Crippen molar-refractivity contribution in [3.8, 4) is 5.82 Å². The molecule has 3 heterocycles. The monoisotopic (exact) mass is 463 g/mol. The maximum Gasteiger partial charge on any atom is 0.304 e. The molecule has 31 heavy (non-hydrogen) atoms. The fourth-order valence-corrected chi connectivity index (χ4v) is 4.87. The van der Waals surface area contributed by atoms with E-state index in [9.17, 15) is 13.2 Å². The number of amides is 1. The van der Waals surface area contributed by atoms with Crippen LogP contribution >= 0.6 is 11.6 Å². The summed E-state index contributed by atoms with van der Waals surface area (Å²) in [6.45, 7) is 2.86. The standard InChI is InChI=1S/C20H22ClN5O4S/c1-14-17(4-6-19(27)23-31(28,29)25-9-11-30-12-10-25)20(24(2)22-14)26-8-7-15-13-16(21)3-5-18(15)26/h3-8,13H,9-12H2,1-2H3,(H,23,27). The number of morpholine rings is 1. The van der Waals surface area contributed by atoms with Gasteiger partial charge in [0.15, 0.2) is 0 Å². The fourth-order valence-electron chi connectivity index (χ4n) is 3.61. The highest BCUT2D eigenvalue weighted by molar-refractivity contribution is 7.87. The number of nitrogens with zero attached hydrogens (tertiary/aromatic N) is 4. The van der Waals surface area contributed by atoms with Gasteiger partial charge in [0.25, 0.3) is 5.91 Å². The van der Waals surface area contributed by atoms with Crippen LogP contribution in [0.1, 0.15) is 11.3 Å². The zero-order valence-electron chi connectivity index (χ0n) is 17.1. The Bertz CT molecular complexity index is 1270. The average molecular weight is 464 g/mol. The third-order valence-electron chi connectivity index (χ3n) is 5.06. The number of rotatable bonds is 5. The van der Waals surface area contributed by atoms with Gasteiger partial charge in [0.05, 0.1) is 24.4 Å². The number of carbonyl (C=O) groups is 1. The number of hydrogen-bond acceptors (Lipinski definition) is 5. The summed E-state index contributed by atoms with van der Waals surface area (Å²) in [5, 5.41) is 6.08. The van der Waals surface area contributed by atoms with Crippen molar-refractivity contribution in [1.82, 2.24) is 23.4 Å². The topological polar surface area (TPSA) is 98.5 Å². The summed E-state index contributed by atoms with van der Waals surface area (Å²) in [6, 6.07) is 7.53. The van der Waals surface area contributed by atoms with Gasteiger partial charge in [-0.25, -0.2) is 4.72 Å². The summed E-state index contributed by atoms with van der Waals surface area (Å²) < 4.78 is 36.9. The van der Waals surface area contributed by atoms with Crippen LogP contribution in [-0.2, 0) is 26.8 Å². The molecule has 1 amide bonds. The minimum atomic E-state index is -3.91. The summed E-state index contributed by atoms with van der Waals surface area (Å²) >= 11 is 6.09. The zero-order chi connectivity index (χ0) is 22.2. The van der Waals surface area contributed by atoms with Crippen molar-refractivity contribution in [3.05, 3.63) is 52.8 Å². The van der Waals surface area contributed by atoms with Crippen molar-refractivity contribution in [2.75, 3.05) is 26.3 Å². The molecule has 164 valence electrons. The molecule has 2 aromatic heterocycles. The second-order valence-corrected chi connectivity index (χ2v) is 9.26. The first kappa shape index (κ1) is 21.6. The summed E-state index contributed by atoms with van der Waals surface area (Å²) in [4.78, 5) is 12.4. The van der Waals surface area contributed by atoms with Crippen LogP contribution in [0.15, 0.2) is 36.5 Å². The number of aromatic nitrogens is 3. The molecule has 0 bridgehead atoms. The van der Waals surface area contributed by atoms with Gasteiger partial charge in [0.1, 0.15) is 5.82 Å². The predicted octanol–water partition coefficient (Wildman–Crippen LogP) is 2.03. The first-order valence-electron chi connectivity index (χ1n) is 9.64. The van der Waals surface area contributed by atoms with Gasteiger partial charge < -0.3 is 9.30 Å². The second kappa shape index (κ2) is 8.46. The van der Waals surface area contributed by atoms with E-state index in [1.807, 2.05) is 49.0 Å². The largest absolute Gasteiger partial charge is 0.379 e. The molecular weight excluding hydrogens is 442 g/mol. The number of carbonyl (C=O) groups excluding carboxylic acids is 1. The normalized spacial score (nSPS) is 15.7. The molecule has 4 rings (SSSR count). The van der Waals surface area contributed by atoms with Crippen LogP contribution in [-0.4, -0.2) is 59.3 Å². The van der Waals surface area contributed by atoms with Crippen LogP contribution < -0.4 is 4.72 Å². The van der Waals surface area contributed by atoms with Gasteiger partial charge in [0.2, 0.25) is 0 Å². The van der Waals surface area contributed by atoms with E-state index in [1.165, 1.54) is 10.4 Å². The summed E-state index contributed by atoms with van der Waals surface area (Å²) in [5.74, 6) is 0.0137. The quantitative estimate of drug-likeness (QED) is 0.584. The summed E-state index contributed by atoms with van der Waals surface area (Å²) in [5.41, 5.74) is 2.34. The third kappa shape index (κ3) is 4.38. The lowest BCUT2D eigenvalue weighted by Gasteiger charge is -2.25. The number of fused-ring (bicyclic) bond motifs is 1. The predicted molar refractivity (Wildman–Crippen MR) is 118 cm³/mol. The zero-order valence-corrected chi connectivity index (χ0v) is 18.7. The van der Waals surface area contributed by atoms with E-state index in [0.717, 1.165) is 16.7 Å². The molecule has 1 fully saturated rings. The molecule has 0 unspecified atom stereocenters. The van der Waals surface area contributed by atoms with Gasteiger partial charge in [-0.05, 0) is 37.3 Å². The van der Waals surface area contributed by atoms with Crippen LogP contribution in [0.5, 0.6) is 0 Å². The number of nitrogens with one attached hydrogen (secondary N) is 1. The minimum Gasteiger partial charge on any atom is -0.379 e. The van der Waals surface area contributed by atoms with Crippen LogP contribution in [0, 0.1) is 6.92 Å². The van der Waals surface area contributed by atoms with E-state index in [2.05, 4.69) is 9.82 Å². The van der Waals surface area contributed by atoms with E-state index in [1.54, 1.807) is 10.8 Å². The van der Waals surface area contributed by atoms with Crippen molar-refractivity contribution in [2.45, 2.75) is 6.92 Å². The Balaban J connectivity index is 1.62. The van der Waals surface area contributed by atoms with Crippen molar-refractivity contribution in [2.24, 2.45) is 7.05 Å². The molecule has 11 heteroatoms. The Morgan fingerprint density at radius 2 is 2.00 bits per heavy atom. The van der Waals surface area contributed by atoms with Crippen molar-refractivity contribution in [3.63, 3.8) is 0 Å². The molecular formula is C20H22ClN5O4S. The van der Waals surface area contributed by atoms with E-state index < -0.39 is 16.1 Å². The highest BCUT2D eigenvalue weighted by Crippen LogP contribution is 2.27. The molecule has 9 nitrogen and oxygen atoms in total. The van der Waals surface area contributed by atoms with Crippen molar-refractivity contribution >= 4 is 44.7 Å². The molecule has 0 saturated carbocycles. The summed E-state index contributed by atoms with van der Waals surface area (Å²) in [7, 11) is -2.10. The lowest BCUT2D eigenvalue weighted by atomic mass is 10.2. The third-order valence-corrected chi connectivity index (χ3v) is 6.80. The van der Waals surface area contributed by atoms with Crippen molar-refractivity contribution in [1.29, 1.82) is 0 Å². The number of halogens is 1. The first-order chi connectivity index (χ1) is 14.8. The van der Waals surface area contributed by atoms with E-state index in [0.29, 0.717) is 29.5 Å². The molecule has 0 atom stereocenters. The van der Waals surface area contributed by atoms with Gasteiger partial charge >= 0.3 is 10.2 Å². The highest BCUT2D eigenvalue weighted by Gasteiger charge is 2.25. The maximum absolute atomic E-state index is 12.4. The molecule has 0 spiro atoms. The Kier molecular flexibility index (Phi) is 5.89. The maximum atomic E-state index is 12.4. The Morgan fingerprint density at radius 1 is 1.26 bits per heavy atom.